The Kier molecular flexibility index (Phi) is 201. The molecule has 6 heavy (non-hydrogen) atoms. The molecule has 0 bridgehead atoms. The third kappa shape index (κ3) is 24.8. The van der Waals surface area contributed by atoms with Gasteiger partial charge in [-0.05, 0) is 0 Å². The van der Waals surface area contributed by atoms with Gasteiger partial charge in [0, 0.05) is 50.9 Å². The summed E-state index contributed by atoms with van der Waals surface area (Å²) in [6, 6.07) is 0. The van der Waals surface area contributed by atoms with Crippen LogP contribution in [0.4, 0.5) is 0 Å². The van der Waals surface area contributed by atoms with E-state index >= 15 is 0 Å². The topological polar surface area (TPSA) is 0 Å². The fraction of sp³-hybridized carbons (Fsp3) is 0. The molecule has 0 saturated carbocycles. The van der Waals surface area contributed by atoms with Crippen LogP contribution in [0.3, 0.4) is 0 Å². The van der Waals surface area contributed by atoms with E-state index in [1.165, 1.54) is 19.7 Å². The zero-order chi connectivity index (χ0) is 2.00. The SMILES string of the molecule is [Cr].[Cu].[Mo][SbH2].[Ni].[SnH2]. The van der Waals surface area contributed by atoms with Crippen molar-refractivity contribution >= 4 is 43.7 Å². The zero-order valence-electron chi connectivity index (χ0n) is 2.72. The van der Waals surface area contributed by atoms with Crippen LogP contribution in [-0.4, -0.2) is 43.7 Å². The first-order chi connectivity index (χ1) is 1.00. The van der Waals surface area contributed by atoms with Gasteiger partial charge < -0.3 is 0 Å². The summed E-state index contributed by atoms with van der Waals surface area (Å²) >= 11 is 3.44. The van der Waals surface area contributed by atoms with Crippen molar-refractivity contribution in [3.63, 3.8) is 0 Å². The van der Waals surface area contributed by atoms with E-state index in [4.69, 9.17) is 0 Å². The molecule has 0 aromatic rings. The van der Waals surface area contributed by atoms with Gasteiger partial charge >= 0.3 is 59.7 Å². The molecule has 0 amide bonds. The van der Waals surface area contributed by atoms with Gasteiger partial charge in [-0.15, -0.1) is 0 Å². The Morgan fingerprint density at radius 3 is 1.17 bits per heavy atom. The summed E-state index contributed by atoms with van der Waals surface area (Å²) in [5.74, 6) is 0. The maximum atomic E-state index is 2.08. The third-order valence-electron chi connectivity index (χ3n) is 0. The predicted octanol–water partition coefficient (Wildman–Crippen LogP) is -1.84. The molecule has 0 rings (SSSR count). The average Bonchev–Trinajstić information content (AvgIpc) is 1.00. The molecule has 0 aromatic heterocycles. The molecule has 3 radical (unpaired) electrons. The van der Waals surface area contributed by atoms with Crippen molar-refractivity contribution < 1.29 is 66.9 Å². The molecule has 0 unspecified atom stereocenters. The molecule has 0 spiro atoms. The summed E-state index contributed by atoms with van der Waals surface area (Å²) < 4.78 is 0. The molecule has 0 saturated heterocycles. The van der Waals surface area contributed by atoms with Crippen molar-refractivity contribution in [2.75, 3.05) is 0 Å². The van der Waals surface area contributed by atoms with E-state index in [-0.39, 0.29) is 74.8 Å². The Balaban J connectivity index is -0.000000000833. The standard InChI is InChI=1S/Cr.Cu.Mo.Ni.Sb.Sn.4H. The monoisotopic (exact) mass is 516 g/mol. The summed E-state index contributed by atoms with van der Waals surface area (Å²) in [4.78, 5) is 0. The van der Waals surface area contributed by atoms with E-state index in [0.717, 1.165) is 0 Å². The second-order valence-corrected chi connectivity index (χ2v) is 0. The van der Waals surface area contributed by atoms with Crippen molar-refractivity contribution in [1.82, 2.24) is 0 Å². The first-order valence-corrected chi connectivity index (χ1v) is 9.35. The fourth-order valence-corrected chi connectivity index (χ4v) is 0. The molecule has 0 nitrogen and oxygen atoms in total. The minimum absolute atomic E-state index is 0. The number of hydrogen-bond acceptors (Lipinski definition) is 0. The van der Waals surface area contributed by atoms with E-state index in [2.05, 4.69) is 16.0 Å². The molecule has 0 fully saturated rings. The Morgan fingerprint density at radius 2 is 1.17 bits per heavy atom. The molecule has 0 aliphatic carbocycles. The van der Waals surface area contributed by atoms with E-state index in [0.29, 0.717) is 0 Å². The summed E-state index contributed by atoms with van der Waals surface area (Å²) in [7, 11) is 0. The molecule has 0 aliphatic rings. The summed E-state index contributed by atoms with van der Waals surface area (Å²) in [5, 5.41) is 0. The quantitative estimate of drug-likeness (QED) is 0.334. The van der Waals surface area contributed by atoms with Gasteiger partial charge in [0.1, 0.15) is 0 Å². The van der Waals surface area contributed by atoms with Gasteiger partial charge in [0.15, 0.2) is 0 Å². The van der Waals surface area contributed by atoms with E-state index < -0.39 is 0 Å². The maximum absolute atomic E-state index is 2.08. The van der Waals surface area contributed by atoms with E-state index in [9.17, 15) is 0 Å². The van der Waals surface area contributed by atoms with Gasteiger partial charge in [0.05, 0.1) is 0 Å². The first kappa shape index (κ1) is 32.8. The van der Waals surface area contributed by atoms with Crippen LogP contribution in [0.2, 0.25) is 0 Å². The minimum atomic E-state index is 0. The molecule has 0 heterocycles. The molecule has 0 N–H and O–H groups in total. The van der Waals surface area contributed by atoms with Crippen LogP contribution in [0.15, 0.2) is 0 Å². The second kappa shape index (κ2) is 36.8. The number of rotatable bonds is 0. The normalized spacial score (nSPS) is 0.833. The zero-order valence-corrected chi connectivity index (χ0v) is 15.3. The molecular weight excluding hydrogens is 511 g/mol. The molecule has 0 atom stereocenters. The Labute approximate surface area is 108 Å². The third-order valence-corrected chi connectivity index (χ3v) is 0. The summed E-state index contributed by atoms with van der Waals surface area (Å²) in [5.41, 5.74) is 0. The van der Waals surface area contributed by atoms with Crippen LogP contribution in [0.5, 0.6) is 0 Å². The van der Waals surface area contributed by atoms with Crippen LogP contribution in [0.1, 0.15) is 0 Å². The van der Waals surface area contributed by atoms with Crippen molar-refractivity contribution in [3.8, 4) is 0 Å². The first-order valence-electron chi connectivity index (χ1n) is 0.236. The predicted molar refractivity (Wildman–Crippen MR) is 17.1 cm³/mol. The Hall–Kier alpha value is 3.85. The second-order valence-electron chi connectivity index (χ2n) is 0. The molecule has 46 valence electrons. The van der Waals surface area contributed by atoms with Gasteiger partial charge in [-0.3, -0.25) is 0 Å². The van der Waals surface area contributed by atoms with Gasteiger partial charge in [-0.25, -0.2) is 0 Å². The van der Waals surface area contributed by atoms with Crippen molar-refractivity contribution in [3.05, 3.63) is 0 Å². The molecule has 6 heteroatoms. The van der Waals surface area contributed by atoms with Crippen LogP contribution in [0.25, 0.3) is 0 Å². The van der Waals surface area contributed by atoms with Crippen LogP contribution in [-0.2, 0) is 66.9 Å². The average molecular weight is 515 g/mol. The summed E-state index contributed by atoms with van der Waals surface area (Å²) in [6.07, 6.45) is 0. The van der Waals surface area contributed by atoms with E-state index in [1.807, 2.05) is 0 Å². The fourth-order valence-electron chi connectivity index (χ4n) is 0. The molecule has 0 aliphatic heterocycles. The summed E-state index contributed by atoms with van der Waals surface area (Å²) in [6.45, 7) is 0. The van der Waals surface area contributed by atoms with Gasteiger partial charge in [0.25, 0.3) is 0 Å². The van der Waals surface area contributed by atoms with Gasteiger partial charge in [-0.1, -0.05) is 0 Å². The van der Waals surface area contributed by atoms with Crippen molar-refractivity contribution in [2.24, 2.45) is 0 Å². The van der Waals surface area contributed by atoms with Crippen LogP contribution >= 0.6 is 0 Å². The number of hydrogen-bond donors (Lipinski definition) is 0. The van der Waals surface area contributed by atoms with Crippen LogP contribution in [0, 0.1) is 0 Å². The van der Waals surface area contributed by atoms with Gasteiger partial charge in [0.2, 0.25) is 0 Å². The van der Waals surface area contributed by atoms with Crippen LogP contribution < -0.4 is 0 Å². The Morgan fingerprint density at radius 1 is 1.17 bits per heavy atom. The van der Waals surface area contributed by atoms with Crippen molar-refractivity contribution in [2.45, 2.75) is 0 Å². The molecule has 0 aromatic carbocycles. The van der Waals surface area contributed by atoms with E-state index in [1.54, 1.807) is 0 Å². The molecular formula is H4CrCuMoNiSbSn. The van der Waals surface area contributed by atoms with Crippen molar-refractivity contribution in [1.29, 1.82) is 0 Å². The Bertz CT molecular complexity index is 15.5. The van der Waals surface area contributed by atoms with Gasteiger partial charge in [-0.2, -0.15) is 0 Å².